The maximum Gasteiger partial charge on any atom is 0.278 e. The SMILES string of the molecule is C=CCn1c(=O)c2cnc(Nc3ccc(N(C)CCCCCCC(=O)NC(C(=O)N4CCCC4C(=O)NC(C)c4ccc(-c5scnc5C)cc4)C(C)(C)C)cc3)nc2n1-c1ccc2c(n1)C(O)CC2.CC. The van der Waals surface area contributed by atoms with Gasteiger partial charge in [-0.1, -0.05) is 83.9 Å². The molecule has 3 amide bonds. The van der Waals surface area contributed by atoms with Crippen LogP contribution in [0, 0.1) is 12.3 Å². The van der Waals surface area contributed by atoms with Gasteiger partial charge >= 0.3 is 0 Å². The highest BCUT2D eigenvalue weighted by atomic mass is 32.1. The Labute approximate surface area is 427 Å². The number of nitrogens with one attached hydrogen (secondary N) is 3. The first-order valence-corrected chi connectivity index (χ1v) is 26.3. The van der Waals surface area contributed by atoms with Crippen LogP contribution in [0.1, 0.15) is 128 Å². The normalized spacial score (nSPS) is 16.1. The molecule has 4 atom stereocenters. The van der Waals surface area contributed by atoms with Crippen molar-refractivity contribution in [2.24, 2.45) is 5.41 Å². The van der Waals surface area contributed by atoms with Gasteiger partial charge in [0.05, 0.1) is 40.5 Å². The van der Waals surface area contributed by atoms with Crippen molar-refractivity contribution >= 4 is 57.4 Å². The molecule has 2 aromatic carbocycles. The molecule has 0 spiro atoms. The summed E-state index contributed by atoms with van der Waals surface area (Å²) in [7, 11) is 2.05. The van der Waals surface area contributed by atoms with Gasteiger partial charge in [-0.2, -0.15) is 4.98 Å². The number of thiazole rings is 1. The number of pyridine rings is 1. The number of unbranched alkanes of at least 4 members (excludes halogenated alkanes) is 3. The number of aromatic nitrogens is 6. The van der Waals surface area contributed by atoms with Crippen LogP contribution in [-0.2, 0) is 27.3 Å². The summed E-state index contributed by atoms with van der Waals surface area (Å²) in [6.45, 7) is 19.2. The van der Waals surface area contributed by atoms with Crippen LogP contribution in [0.15, 0.2) is 89.8 Å². The Morgan fingerprint density at radius 2 is 1.69 bits per heavy atom. The van der Waals surface area contributed by atoms with Crippen molar-refractivity contribution in [2.75, 3.05) is 30.4 Å². The summed E-state index contributed by atoms with van der Waals surface area (Å²) >= 11 is 1.60. The van der Waals surface area contributed by atoms with Crippen molar-refractivity contribution in [1.29, 1.82) is 0 Å². The van der Waals surface area contributed by atoms with Gasteiger partial charge in [0.25, 0.3) is 5.56 Å². The molecule has 72 heavy (non-hydrogen) atoms. The molecule has 4 N–H and O–H groups in total. The third-order valence-electron chi connectivity index (χ3n) is 13.4. The lowest BCUT2D eigenvalue weighted by Gasteiger charge is -2.35. The molecule has 8 rings (SSSR count). The highest BCUT2D eigenvalue weighted by molar-refractivity contribution is 7.13. The molecule has 2 aliphatic rings. The van der Waals surface area contributed by atoms with E-state index in [2.05, 4.69) is 56.6 Å². The van der Waals surface area contributed by atoms with Crippen molar-refractivity contribution in [3.8, 4) is 16.3 Å². The number of aliphatic hydroxyl groups excluding tert-OH is 1. The van der Waals surface area contributed by atoms with Crippen molar-refractivity contribution in [3.05, 3.63) is 118 Å². The molecule has 4 unspecified atom stereocenters. The molecule has 0 bridgehead atoms. The fourth-order valence-electron chi connectivity index (χ4n) is 9.44. The second kappa shape index (κ2) is 23.7. The third kappa shape index (κ3) is 12.1. The number of fused-ring (bicyclic) bond motifs is 2. The van der Waals surface area contributed by atoms with E-state index in [1.807, 2.05) is 103 Å². The van der Waals surface area contributed by atoms with Crippen LogP contribution in [-0.4, -0.2) is 89.2 Å². The van der Waals surface area contributed by atoms with Gasteiger partial charge in [0.1, 0.15) is 17.5 Å². The van der Waals surface area contributed by atoms with Crippen LogP contribution >= 0.6 is 11.3 Å². The number of benzene rings is 2. The second-order valence-corrected chi connectivity index (χ2v) is 20.5. The van der Waals surface area contributed by atoms with Gasteiger partial charge in [0.15, 0.2) is 11.5 Å². The summed E-state index contributed by atoms with van der Waals surface area (Å²) in [4.78, 5) is 77.8. The van der Waals surface area contributed by atoms with E-state index in [1.54, 1.807) is 27.0 Å². The predicted molar refractivity (Wildman–Crippen MR) is 287 cm³/mol. The van der Waals surface area contributed by atoms with E-state index in [9.17, 15) is 24.3 Å². The quantitative estimate of drug-likeness (QED) is 0.0447. The average Bonchev–Trinajstić information content (AvgIpc) is 4.18. The molecule has 1 fully saturated rings. The van der Waals surface area contributed by atoms with Crippen LogP contribution < -0.4 is 26.4 Å². The number of likely N-dealkylation sites (tertiary alicyclic amines) is 1. The lowest BCUT2D eigenvalue weighted by molar-refractivity contribution is -0.144. The second-order valence-electron chi connectivity index (χ2n) is 19.6. The Morgan fingerprint density at radius 1 is 0.958 bits per heavy atom. The number of aliphatic hydroxyl groups is 1. The number of carbonyl (C=O) groups excluding carboxylic acids is 3. The van der Waals surface area contributed by atoms with Crippen molar-refractivity contribution in [2.45, 2.75) is 137 Å². The van der Waals surface area contributed by atoms with Crippen LogP contribution in [0.3, 0.4) is 0 Å². The Hall–Kier alpha value is -6.72. The van der Waals surface area contributed by atoms with E-state index in [1.165, 1.54) is 10.9 Å². The number of hydrogen-bond acceptors (Lipinski definition) is 12. The maximum absolute atomic E-state index is 14.1. The predicted octanol–water partition coefficient (Wildman–Crippen LogP) is 9.13. The molecule has 1 saturated heterocycles. The Kier molecular flexibility index (Phi) is 17.5. The molecule has 0 saturated carbocycles. The van der Waals surface area contributed by atoms with Gasteiger partial charge in [-0.05, 0) is 105 Å². The molecular weight excluding hydrogens is 927 g/mol. The molecule has 16 nitrogen and oxygen atoms in total. The molecule has 5 heterocycles. The standard InChI is InChI=1S/C53H65N11O5S.C2H6/c1-8-28-63-50(68)40-31-54-52(60-48(40)64(63)43-27-21-36-20-26-42(65)45(36)58-43)57-38-22-24-39(25-23-38)61(7)29-12-10-9-11-15-44(66)59-47(53(4,5)6)51(69)62-30-13-14-41(62)49(67)56-33(2)35-16-18-37(19-17-35)46-34(3)55-32-70-46;1-2/h8,16-19,21-25,27,31-33,41-42,47,65H,1,9-15,20,26,28-30H2,2-7H3,(H,56,67)(H,59,66)(H,54,57,60);1-2H3. The largest absolute Gasteiger partial charge is 0.387 e. The molecular formula is C55H71N11O5S. The van der Waals surface area contributed by atoms with Crippen molar-refractivity contribution in [3.63, 3.8) is 0 Å². The van der Waals surface area contributed by atoms with Crippen molar-refractivity contribution < 1.29 is 19.5 Å². The summed E-state index contributed by atoms with van der Waals surface area (Å²) in [5, 5.41) is 20.3. The summed E-state index contributed by atoms with van der Waals surface area (Å²) < 4.78 is 3.18. The number of amides is 3. The van der Waals surface area contributed by atoms with Gasteiger partial charge in [-0.15, -0.1) is 17.9 Å². The maximum atomic E-state index is 14.1. The molecule has 4 aromatic heterocycles. The lowest BCUT2D eigenvalue weighted by Crippen LogP contribution is -2.57. The zero-order valence-corrected chi connectivity index (χ0v) is 43.9. The van der Waals surface area contributed by atoms with Crippen molar-refractivity contribution in [1.82, 2.24) is 44.8 Å². The minimum absolute atomic E-state index is 0.160. The summed E-state index contributed by atoms with van der Waals surface area (Å²) in [6.07, 6.45) is 8.96. The highest BCUT2D eigenvalue weighted by Gasteiger charge is 2.42. The minimum atomic E-state index is -0.761. The Bertz CT molecular complexity index is 2900. The minimum Gasteiger partial charge on any atom is -0.387 e. The van der Waals surface area contributed by atoms with Gasteiger partial charge < -0.3 is 30.9 Å². The van der Waals surface area contributed by atoms with Crippen LogP contribution in [0.5, 0.6) is 0 Å². The summed E-state index contributed by atoms with van der Waals surface area (Å²) in [6, 6.07) is 18.3. The lowest BCUT2D eigenvalue weighted by atomic mass is 9.85. The van der Waals surface area contributed by atoms with E-state index in [0.29, 0.717) is 60.7 Å². The Balaban J connectivity index is 0.00000376. The monoisotopic (exact) mass is 998 g/mol. The fourth-order valence-corrected chi connectivity index (χ4v) is 10.3. The first-order chi connectivity index (χ1) is 34.6. The molecule has 0 radical (unpaired) electrons. The van der Waals surface area contributed by atoms with Gasteiger partial charge in [0, 0.05) is 44.1 Å². The zero-order valence-electron chi connectivity index (χ0n) is 43.1. The number of aryl methyl sites for hydroxylation is 2. The van der Waals surface area contributed by atoms with E-state index < -0.39 is 23.6 Å². The smallest absolute Gasteiger partial charge is 0.278 e. The van der Waals surface area contributed by atoms with E-state index in [-0.39, 0.29) is 35.9 Å². The van der Waals surface area contributed by atoms with Crippen LogP contribution in [0.4, 0.5) is 17.3 Å². The molecule has 382 valence electrons. The van der Waals surface area contributed by atoms with Crippen LogP contribution in [0.25, 0.3) is 27.3 Å². The number of allylic oxidation sites excluding steroid dienone is 1. The zero-order chi connectivity index (χ0) is 51.7. The number of nitrogens with zero attached hydrogens (tertiary/aromatic N) is 8. The Morgan fingerprint density at radius 3 is 2.39 bits per heavy atom. The molecule has 1 aliphatic heterocycles. The summed E-state index contributed by atoms with van der Waals surface area (Å²) in [5.74, 6) is 0.244. The topological polar surface area (TPSA) is 192 Å². The van der Waals surface area contributed by atoms with Crippen LogP contribution in [0.2, 0.25) is 0 Å². The van der Waals surface area contributed by atoms with Gasteiger partial charge in [0.2, 0.25) is 23.7 Å². The first kappa shape index (κ1) is 53.1. The number of hydrogen-bond donors (Lipinski definition) is 4. The third-order valence-corrected chi connectivity index (χ3v) is 14.4. The van der Waals surface area contributed by atoms with E-state index in [0.717, 1.165) is 77.3 Å². The number of anilines is 3. The van der Waals surface area contributed by atoms with Gasteiger partial charge in [-0.25, -0.2) is 24.3 Å². The highest BCUT2D eigenvalue weighted by Crippen LogP contribution is 2.32. The molecule has 1 aliphatic carbocycles. The summed E-state index contributed by atoms with van der Waals surface area (Å²) in [5.41, 5.74) is 7.92. The molecule has 17 heteroatoms. The fraction of sp³-hybridized carbons (Fsp3) is 0.455. The average molecular weight is 998 g/mol. The van der Waals surface area contributed by atoms with E-state index in [4.69, 9.17) is 9.97 Å². The first-order valence-electron chi connectivity index (χ1n) is 25.4. The van der Waals surface area contributed by atoms with E-state index >= 15 is 0 Å². The number of rotatable bonds is 19. The number of carbonyl (C=O) groups is 3. The van der Waals surface area contributed by atoms with Gasteiger partial charge in [-0.3, -0.25) is 19.2 Å². The molecule has 6 aromatic rings.